The van der Waals surface area contributed by atoms with Crippen LogP contribution in [0, 0.1) is 5.92 Å². The zero-order valence-electron chi connectivity index (χ0n) is 15.2. The van der Waals surface area contributed by atoms with E-state index >= 15 is 0 Å². The summed E-state index contributed by atoms with van der Waals surface area (Å²) in [5, 5.41) is 4.10. The second-order valence-electron chi connectivity index (χ2n) is 7.89. The van der Waals surface area contributed by atoms with E-state index < -0.39 is 0 Å². The van der Waals surface area contributed by atoms with Gasteiger partial charge in [0.15, 0.2) is 0 Å². The van der Waals surface area contributed by atoms with Gasteiger partial charge in [-0.05, 0) is 56.7 Å². The number of carbonyl (C=O) groups excluding carboxylic acids is 1. The molecule has 1 aliphatic carbocycles. The van der Waals surface area contributed by atoms with Crippen LogP contribution < -0.4 is 5.32 Å². The van der Waals surface area contributed by atoms with Crippen molar-refractivity contribution in [1.29, 1.82) is 0 Å². The molecule has 3 aliphatic rings. The number of carbonyl (C=O) groups is 1. The molecule has 1 amide bonds. The van der Waals surface area contributed by atoms with Crippen LogP contribution in [0.2, 0.25) is 0 Å². The Kier molecular flexibility index (Phi) is 7.29. The quantitative estimate of drug-likeness (QED) is 0.796. The Morgan fingerprint density at radius 2 is 2.12 bits per heavy atom. The summed E-state index contributed by atoms with van der Waals surface area (Å²) in [5.74, 6) is 2.22. The summed E-state index contributed by atoms with van der Waals surface area (Å²) in [6, 6.07) is 0.362. The first-order chi connectivity index (χ1) is 11.7. The van der Waals surface area contributed by atoms with Crippen LogP contribution in [0.25, 0.3) is 0 Å². The Balaban J connectivity index is 1.53. The molecule has 24 heavy (non-hydrogen) atoms. The smallest absolute Gasteiger partial charge is 0.248 e. The van der Waals surface area contributed by atoms with Crippen LogP contribution in [-0.4, -0.2) is 60.2 Å². The first-order valence-corrected chi connectivity index (χ1v) is 11.0. The average molecular weight is 355 g/mol. The molecule has 4 nitrogen and oxygen atoms in total. The maximum atomic E-state index is 12.9. The number of hydrogen-bond donors (Lipinski definition) is 1. The Morgan fingerprint density at radius 1 is 1.21 bits per heavy atom. The van der Waals surface area contributed by atoms with Crippen molar-refractivity contribution in [2.24, 2.45) is 5.92 Å². The van der Waals surface area contributed by atoms with E-state index in [0.29, 0.717) is 17.4 Å². The summed E-state index contributed by atoms with van der Waals surface area (Å²) in [4.78, 5) is 15.1. The number of piperidine rings is 1. The van der Waals surface area contributed by atoms with Crippen molar-refractivity contribution in [3.63, 3.8) is 0 Å². The molecule has 2 saturated heterocycles. The fourth-order valence-electron chi connectivity index (χ4n) is 4.36. The Morgan fingerprint density at radius 3 is 2.83 bits per heavy atom. The number of thioether (sulfide) groups is 1. The highest BCUT2D eigenvalue weighted by Gasteiger charge is 2.30. The van der Waals surface area contributed by atoms with Crippen LogP contribution in [0.1, 0.15) is 58.3 Å². The molecule has 5 heteroatoms. The number of nitrogens with one attached hydrogen (secondary N) is 1. The lowest BCUT2D eigenvalue weighted by Crippen LogP contribution is -2.51. The first-order valence-electron chi connectivity index (χ1n) is 9.95. The third kappa shape index (κ3) is 5.37. The van der Waals surface area contributed by atoms with Gasteiger partial charge in [0.05, 0.1) is 6.10 Å². The first kappa shape index (κ1) is 18.5. The topological polar surface area (TPSA) is 41.6 Å². The lowest BCUT2D eigenvalue weighted by atomic mass is 9.89. The standard InChI is InChI=1S/C19H34N2O2S/c1-15-5-2-7-17(11-15)23-14-19(22)21(13-18-8-4-10-24-18)16-6-3-9-20-12-16/h15-18,20H,2-14H2,1H3. The van der Waals surface area contributed by atoms with Crippen LogP contribution in [0.4, 0.5) is 0 Å². The summed E-state index contributed by atoms with van der Waals surface area (Å²) in [7, 11) is 0. The van der Waals surface area contributed by atoms with Gasteiger partial charge in [0.25, 0.3) is 0 Å². The van der Waals surface area contributed by atoms with Gasteiger partial charge in [-0.2, -0.15) is 11.8 Å². The SMILES string of the molecule is CC1CCCC(OCC(=O)N(CC2CCCS2)C2CCCNC2)C1. The molecule has 0 bridgehead atoms. The number of ether oxygens (including phenoxy) is 1. The van der Waals surface area contributed by atoms with Crippen molar-refractivity contribution in [2.45, 2.75) is 75.7 Å². The molecule has 2 aliphatic heterocycles. The highest BCUT2D eigenvalue weighted by molar-refractivity contribution is 8.00. The van der Waals surface area contributed by atoms with Crippen LogP contribution >= 0.6 is 11.8 Å². The highest BCUT2D eigenvalue weighted by atomic mass is 32.2. The van der Waals surface area contributed by atoms with E-state index in [2.05, 4.69) is 17.1 Å². The van der Waals surface area contributed by atoms with Crippen molar-refractivity contribution in [2.75, 3.05) is 32.0 Å². The predicted molar refractivity (Wildman–Crippen MR) is 100 cm³/mol. The molecule has 1 saturated carbocycles. The minimum absolute atomic E-state index is 0.217. The fourth-order valence-corrected chi connectivity index (χ4v) is 5.63. The lowest BCUT2D eigenvalue weighted by Gasteiger charge is -2.36. The molecule has 4 atom stereocenters. The monoisotopic (exact) mass is 354 g/mol. The van der Waals surface area contributed by atoms with E-state index in [4.69, 9.17) is 4.74 Å². The van der Waals surface area contributed by atoms with Gasteiger partial charge in [-0.15, -0.1) is 0 Å². The van der Waals surface area contributed by atoms with E-state index in [1.165, 1.54) is 37.9 Å². The van der Waals surface area contributed by atoms with Gasteiger partial charge < -0.3 is 15.0 Å². The molecule has 2 heterocycles. The van der Waals surface area contributed by atoms with Crippen molar-refractivity contribution < 1.29 is 9.53 Å². The third-order valence-electron chi connectivity index (χ3n) is 5.79. The molecule has 0 aromatic rings. The van der Waals surface area contributed by atoms with Gasteiger partial charge in [-0.1, -0.05) is 19.8 Å². The zero-order chi connectivity index (χ0) is 16.8. The largest absolute Gasteiger partial charge is 0.368 e. The molecule has 4 unspecified atom stereocenters. The van der Waals surface area contributed by atoms with Crippen molar-refractivity contribution in [3.05, 3.63) is 0 Å². The van der Waals surface area contributed by atoms with Crippen LogP contribution in [0.5, 0.6) is 0 Å². The number of nitrogens with zero attached hydrogens (tertiary/aromatic N) is 1. The summed E-state index contributed by atoms with van der Waals surface area (Å²) >= 11 is 2.04. The van der Waals surface area contributed by atoms with Crippen LogP contribution in [0.3, 0.4) is 0 Å². The number of amides is 1. The van der Waals surface area contributed by atoms with E-state index in [9.17, 15) is 4.79 Å². The van der Waals surface area contributed by atoms with Gasteiger partial charge in [0.1, 0.15) is 6.61 Å². The van der Waals surface area contributed by atoms with E-state index in [1.807, 2.05) is 11.8 Å². The summed E-state index contributed by atoms with van der Waals surface area (Å²) in [5.41, 5.74) is 0. The van der Waals surface area contributed by atoms with Crippen LogP contribution in [0.15, 0.2) is 0 Å². The predicted octanol–water partition coefficient (Wildman–Crippen LogP) is 3.06. The zero-order valence-corrected chi connectivity index (χ0v) is 16.0. The second kappa shape index (κ2) is 9.44. The van der Waals surface area contributed by atoms with Crippen molar-refractivity contribution in [1.82, 2.24) is 10.2 Å². The molecule has 0 aromatic heterocycles. The molecule has 138 valence electrons. The van der Waals surface area contributed by atoms with Crippen molar-refractivity contribution >= 4 is 17.7 Å². The van der Waals surface area contributed by atoms with Gasteiger partial charge in [0.2, 0.25) is 5.91 Å². The van der Waals surface area contributed by atoms with Gasteiger partial charge in [-0.25, -0.2) is 0 Å². The summed E-state index contributed by atoms with van der Waals surface area (Å²) in [6.07, 6.45) is 9.97. The molecule has 0 aromatic carbocycles. The normalized spacial score (nSPS) is 34.2. The lowest BCUT2D eigenvalue weighted by molar-refractivity contribution is -0.142. The maximum absolute atomic E-state index is 12.9. The molecule has 1 N–H and O–H groups in total. The van der Waals surface area contributed by atoms with Gasteiger partial charge >= 0.3 is 0 Å². The number of hydrogen-bond acceptors (Lipinski definition) is 4. The van der Waals surface area contributed by atoms with Gasteiger partial charge in [-0.3, -0.25) is 4.79 Å². The second-order valence-corrected chi connectivity index (χ2v) is 9.29. The molecule has 3 fully saturated rings. The maximum Gasteiger partial charge on any atom is 0.248 e. The molecular formula is C19H34N2O2S. The van der Waals surface area contributed by atoms with Crippen LogP contribution in [-0.2, 0) is 9.53 Å². The van der Waals surface area contributed by atoms with E-state index in [0.717, 1.165) is 44.8 Å². The highest BCUT2D eigenvalue weighted by Crippen LogP contribution is 2.29. The Hall–Kier alpha value is -0.260. The van der Waals surface area contributed by atoms with E-state index in [-0.39, 0.29) is 12.5 Å². The summed E-state index contributed by atoms with van der Waals surface area (Å²) in [6.45, 7) is 5.54. The average Bonchev–Trinajstić information content (AvgIpc) is 3.12. The molecule has 0 radical (unpaired) electrons. The molecule has 0 spiro atoms. The Bertz CT molecular complexity index is 395. The number of rotatable bonds is 6. The minimum atomic E-state index is 0.217. The van der Waals surface area contributed by atoms with Crippen molar-refractivity contribution in [3.8, 4) is 0 Å². The molecular weight excluding hydrogens is 320 g/mol. The van der Waals surface area contributed by atoms with E-state index in [1.54, 1.807) is 0 Å². The third-order valence-corrected chi connectivity index (χ3v) is 7.17. The van der Waals surface area contributed by atoms with Gasteiger partial charge in [0, 0.05) is 24.4 Å². The summed E-state index contributed by atoms with van der Waals surface area (Å²) < 4.78 is 6.03. The Labute approximate surface area is 151 Å². The minimum Gasteiger partial charge on any atom is -0.368 e. The molecule has 3 rings (SSSR count). The fraction of sp³-hybridized carbons (Fsp3) is 0.947.